The molecule has 2 nitrogen and oxygen atoms in total. The topological polar surface area (TPSA) is 38.0 Å². The Labute approximate surface area is 104 Å². The number of hydrogen-bond acceptors (Lipinski definition) is 2. The van der Waals surface area contributed by atoms with E-state index in [2.05, 4.69) is 5.32 Å². The molecule has 0 bridgehead atoms. The minimum atomic E-state index is -0.401. The van der Waals surface area contributed by atoms with Crippen LogP contribution in [0.3, 0.4) is 0 Å². The average molecular weight is 251 g/mol. The minimum Gasteiger partial charge on any atom is -0.399 e. The highest BCUT2D eigenvalue weighted by atomic mass is 35.5. The van der Waals surface area contributed by atoms with Crippen LogP contribution >= 0.6 is 11.6 Å². The maximum absolute atomic E-state index is 13.6. The number of nitrogens with two attached hydrogens (primary N) is 1. The molecule has 0 aromatic heterocycles. The molecule has 2 rings (SSSR count). The smallest absolute Gasteiger partial charge is 0.148 e. The number of nitrogens with one attached hydrogen (secondary N) is 1. The maximum atomic E-state index is 13.6. The zero-order chi connectivity index (χ0) is 12.4. The Morgan fingerprint density at radius 3 is 2.47 bits per heavy atom. The normalized spacial score (nSPS) is 10.3. The first-order valence-corrected chi connectivity index (χ1v) is 5.52. The first kappa shape index (κ1) is 11.7. The Morgan fingerprint density at radius 2 is 1.82 bits per heavy atom. The lowest BCUT2D eigenvalue weighted by molar-refractivity contribution is 0.632. The fraction of sp³-hybridized carbons (Fsp3) is 0.0769. The number of benzene rings is 2. The van der Waals surface area contributed by atoms with Crippen molar-refractivity contribution >= 4 is 28.7 Å². The lowest BCUT2D eigenvalue weighted by Gasteiger charge is -2.10. The minimum absolute atomic E-state index is 0.352. The SMILES string of the molecule is Cc1ccc(Nc2ccc(N)cc2F)c(Cl)c1. The van der Waals surface area contributed by atoms with Crippen molar-refractivity contribution in [1.29, 1.82) is 0 Å². The Bertz CT molecular complexity index is 506. The zero-order valence-corrected chi connectivity index (χ0v) is 10.1. The van der Waals surface area contributed by atoms with Gasteiger partial charge in [-0.05, 0) is 42.8 Å². The first-order valence-electron chi connectivity index (χ1n) is 5.14. The molecule has 0 aliphatic carbocycles. The Morgan fingerprint density at radius 1 is 1.12 bits per heavy atom. The monoisotopic (exact) mass is 250 g/mol. The Hall–Kier alpha value is -1.74. The largest absolute Gasteiger partial charge is 0.399 e. The van der Waals surface area contributed by atoms with Crippen LogP contribution in [0.1, 0.15) is 5.56 Å². The van der Waals surface area contributed by atoms with Crippen molar-refractivity contribution in [2.24, 2.45) is 0 Å². The van der Waals surface area contributed by atoms with Crippen molar-refractivity contribution in [2.45, 2.75) is 6.92 Å². The van der Waals surface area contributed by atoms with Crippen molar-refractivity contribution < 1.29 is 4.39 Å². The van der Waals surface area contributed by atoms with Crippen LogP contribution in [0.5, 0.6) is 0 Å². The summed E-state index contributed by atoms with van der Waals surface area (Å²) in [7, 11) is 0. The molecule has 17 heavy (non-hydrogen) atoms. The van der Waals surface area contributed by atoms with Gasteiger partial charge in [0.2, 0.25) is 0 Å². The second-order valence-electron chi connectivity index (χ2n) is 3.85. The van der Waals surface area contributed by atoms with E-state index in [-0.39, 0.29) is 0 Å². The van der Waals surface area contributed by atoms with E-state index in [1.54, 1.807) is 12.1 Å². The van der Waals surface area contributed by atoms with Crippen molar-refractivity contribution in [3.8, 4) is 0 Å². The van der Waals surface area contributed by atoms with E-state index < -0.39 is 5.82 Å². The summed E-state index contributed by atoms with van der Waals surface area (Å²) in [5.74, 6) is -0.401. The number of nitrogen functional groups attached to an aromatic ring is 1. The summed E-state index contributed by atoms with van der Waals surface area (Å²) in [5, 5.41) is 3.49. The van der Waals surface area contributed by atoms with Gasteiger partial charge in [0.15, 0.2) is 0 Å². The summed E-state index contributed by atoms with van der Waals surface area (Å²) in [4.78, 5) is 0. The maximum Gasteiger partial charge on any atom is 0.148 e. The van der Waals surface area contributed by atoms with Gasteiger partial charge >= 0.3 is 0 Å². The van der Waals surface area contributed by atoms with Gasteiger partial charge in [-0.2, -0.15) is 0 Å². The molecule has 0 saturated heterocycles. The van der Waals surface area contributed by atoms with Crippen molar-refractivity contribution in [3.05, 3.63) is 52.8 Å². The summed E-state index contributed by atoms with van der Waals surface area (Å²) in [6, 6.07) is 10.0. The van der Waals surface area contributed by atoms with Crippen molar-refractivity contribution in [3.63, 3.8) is 0 Å². The quantitative estimate of drug-likeness (QED) is 0.787. The molecular weight excluding hydrogens is 239 g/mol. The zero-order valence-electron chi connectivity index (χ0n) is 9.30. The molecule has 0 amide bonds. The number of aryl methyl sites for hydroxylation is 1. The van der Waals surface area contributed by atoms with Gasteiger partial charge in [-0.1, -0.05) is 17.7 Å². The Kier molecular flexibility index (Phi) is 3.20. The molecule has 0 fully saturated rings. The molecule has 0 atom stereocenters. The van der Waals surface area contributed by atoms with Gasteiger partial charge in [0.25, 0.3) is 0 Å². The highest BCUT2D eigenvalue weighted by Crippen LogP contribution is 2.28. The molecular formula is C13H12ClFN2. The Balaban J connectivity index is 2.31. The molecule has 0 heterocycles. The molecule has 0 aliphatic rings. The summed E-state index contributed by atoms with van der Waals surface area (Å²) >= 11 is 6.05. The molecule has 0 aliphatic heterocycles. The lowest BCUT2D eigenvalue weighted by Crippen LogP contribution is -1.96. The van der Waals surface area contributed by atoms with Gasteiger partial charge in [-0.25, -0.2) is 4.39 Å². The lowest BCUT2D eigenvalue weighted by atomic mass is 10.2. The van der Waals surface area contributed by atoms with Crippen LogP contribution in [0.4, 0.5) is 21.5 Å². The number of halogens is 2. The standard InChI is InChI=1S/C13H12ClFN2/c1-8-2-4-12(10(14)6-8)17-13-5-3-9(16)7-11(13)15/h2-7,17H,16H2,1H3. The van der Waals surface area contributed by atoms with Gasteiger partial charge in [0.05, 0.1) is 16.4 Å². The third kappa shape index (κ3) is 2.68. The second kappa shape index (κ2) is 4.63. The molecule has 0 radical (unpaired) electrons. The van der Waals surface area contributed by atoms with E-state index in [1.807, 2.05) is 25.1 Å². The predicted octanol–water partition coefficient (Wildman–Crippen LogP) is 4.11. The van der Waals surface area contributed by atoms with Crippen LogP contribution in [0.15, 0.2) is 36.4 Å². The summed E-state index contributed by atoms with van der Waals surface area (Å²) in [6.45, 7) is 1.94. The van der Waals surface area contributed by atoms with E-state index >= 15 is 0 Å². The molecule has 0 unspecified atom stereocenters. The van der Waals surface area contributed by atoms with Crippen LogP contribution in [0.25, 0.3) is 0 Å². The number of anilines is 3. The first-order chi connectivity index (χ1) is 8.06. The highest BCUT2D eigenvalue weighted by Gasteiger charge is 2.05. The van der Waals surface area contributed by atoms with Crippen LogP contribution in [-0.2, 0) is 0 Å². The number of rotatable bonds is 2. The second-order valence-corrected chi connectivity index (χ2v) is 4.25. The van der Waals surface area contributed by atoms with E-state index in [4.69, 9.17) is 17.3 Å². The molecule has 4 heteroatoms. The molecule has 2 aromatic rings. The summed E-state index contributed by atoms with van der Waals surface area (Å²) in [5.41, 5.74) is 7.94. The third-order valence-corrected chi connectivity index (χ3v) is 2.70. The van der Waals surface area contributed by atoms with Crippen molar-refractivity contribution in [1.82, 2.24) is 0 Å². The van der Waals surface area contributed by atoms with Gasteiger partial charge in [0.1, 0.15) is 5.82 Å². The van der Waals surface area contributed by atoms with Crippen LogP contribution in [0.2, 0.25) is 5.02 Å². The van der Waals surface area contributed by atoms with Gasteiger partial charge in [-0.15, -0.1) is 0 Å². The summed E-state index contributed by atoms with van der Waals surface area (Å²) in [6.07, 6.45) is 0. The summed E-state index contributed by atoms with van der Waals surface area (Å²) < 4.78 is 13.6. The fourth-order valence-electron chi connectivity index (χ4n) is 1.50. The van der Waals surface area contributed by atoms with E-state index in [0.717, 1.165) is 5.56 Å². The predicted molar refractivity (Wildman–Crippen MR) is 70.3 cm³/mol. The van der Waals surface area contributed by atoms with E-state index in [1.165, 1.54) is 6.07 Å². The highest BCUT2D eigenvalue weighted by molar-refractivity contribution is 6.33. The van der Waals surface area contributed by atoms with Crippen molar-refractivity contribution in [2.75, 3.05) is 11.1 Å². The molecule has 0 spiro atoms. The third-order valence-electron chi connectivity index (χ3n) is 2.39. The fourth-order valence-corrected chi connectivity index (χ4v) is 1.78. The van der Waals surface area contributed by atoms with Gasteiger partial charge < -0.3 is 11.1 Å². The van der Waals surface area contributed by atoms with Crippen LogP contribution in [-0.4, -0.2) is 0 Å². The molecule has 2 aromatic carbocycles. The molecule has 3 N–H and O–H groups in total. The number of hydrogen-bond donors (Lipinski definition) is 2. The molecule has 0 saturated carbocycles. The molecule has 88 valence electrons. The van der Waals surface area contributed by atoms with Crippen LogP contribution in [0, 0.1) is 12.7 Å². The van der Waals surface area contributed by atoms with E-state index in [0.29, 0.717) is 22.1 Å². The van der Waals surface area contributed by atoms with Gasteiger partial charge in [-0.3, -0.25) is 0 Å². The van der Waals surface area contributed by atoms with E-state index in [9.17, 15) is 4.39 Å². The van der Waals surface area contributed by atoms with Crippen LogP contribution < -0.4 is 11.1 Å². The average Bonchev–Trinajstić information content (AvgIpc) is 2.25. The van der Waals surface area contributed by atoms with Gasteiger partial charge in [0, 0.05) is 5.69 Å².